The highest BCUT2D eigenvalue weighted by Gasteiger charge is 2.18. The van der Waals surface area contributed by atoms with Crippen LogP contribution in [0, 0.1) is 11.3 Å². The van der Waals surface area contributed by atoms with E-state index in [2.05, 4.69) is 32.6 Å². The summed E-state index contributed by atoms with van der Waals surface area (Å²) in [5, 5.41) is 13.5. The standard InChI is InChI=1S/C22H19N5O/c23-13-19-20(18-5-2-1-3-6-18)25-22(26-21(19)28)27-24-14-15-9-11-17(12-10-15)16-7-4-8-16/h1-3,5-6,9-12,14,16H,4,7-8H2,(H2,25,26,27,28). The van der Waals surface area contributed by atoms with E-state index in [9.17, 15) is 10.1 Å². The molecule has 138 valence electrons. The zero-order valence-corrected chi connectivity index (χ0v) is 15.2. The van der Waals surface area contributed by atoms with Crippen molar-refractivity contribution in [3.05, 3.63) is 81.6 Å². The first kappa shape index (κ1) is 17.7. The normalized spacial score (nSPS) is 13.8. The molecule has 1 aliphatic carbocycles. The third kappa shape index (κ3) is 3.69. The first-order valence-electron chi connectivity index (χ1n) is 9.23. The number of rotatable bonds is 5. The predicted octanol–water partition coefficient (Wildman–Crippen LogP) is 4.02. The number of benzene rings is 2. The Balaban J connectivity index is 1.53. The van der Waals surface area contributed by atoms with E-state index in [4.69, 9.17) is 0 Å². The van der Waals surface area contributed by atoms with Crippen LogP contribution >= 0.6 is 0 Å². The summed E-state index contributed by atoms with van der Waals surface area (Å²) in [6.07, 6.45) is 5.54. The van der Waals surface area contributed by atoms with Crippen molar-refractivity contribution in [2.45, 2.75) is 25.2 Å². The molecule has 0 saturated heterocycles. The van der Waals surface area contributed by atoms with Gasteiger partial charge in [-0.05, 0) is 29.9 Å². The Labute approximate surface area is 162 Å². The van der Waals surface area contributed by atoms with Crippen LogP contribution in [0.25, 0.3) is 11.3 Å². The molecule has 1 aromatic heterocycles. The summed E-state index contributed by atoms with van der Waals surface area (Å²) >= 11 is 0. The molecule has 0 atom stereocenters. The van der Waals surface area contributed by atoms with E-state index in [1.165, 1.54) is 24.8 Å². The fourth-order valence-electron chi connectivity index (χ4n) is 3.20. The summed E-state index contributed by atoms with van der Waals surface area (Å²) in [7, 11) is 0. The van der Waals surface area contributed by atoms with Crippen LogP contribution in [-0.2, 0) is 0 Å². The molecule has 4 rings (SSSR count). The quantitative estimate of drug-likeness (QED) is 0.524. The zero-order valence-electron chi connectivity index (χ0n) is 15.2. The highest BCUT2D eigenvalue weighted by molar-refractivity contribution is 5.80. The van der Waals surface area contributed by atoms with Crippen molar-refractivity contribution in [1.82, 2.24) is 9.97 Å². The van der Waals surface area contributed by atoms with Crippen molar-refractivity contribution in [3.8, 4) is 17.3 Å². The van der Waals surface area contributed by atoms with Gasteiger partial charge in [-0.25, -0.2) is 10.4 Å². The molecular formula is C22H19N5O. The zero-order chi connectivity index (χ0) is 19.3. The summed E-state index contributed by atoms with van der Waals surface area (Å²) in [6.45, 7) is 0. The first-order valence-corrected chi connectivity index (χ1v) is 9.23. The number of hydrogen-bond donors (Lipinski definition) is 2. The Bertz CT molecular complexity index is 1090. The molecule has 0 radical (unpaired) electrons. The lowest BCUT2D eigenvalue weighted by Gasteiger charge is -2.25. The average Bonchev–Trinajstić information content (AvgIpc) is 2.68. The van der Waals surface area contributed by atoms with Gasteiger partial charge in [0.2, 0.25) is 5.95 Å². The van der Waals surface area contributed by atoms with Gasteiger partial charge < -0.3 is 0 Å². The van der Waals surface area contributed by atoms with E-state index in [0.717, 1.165) is 5.56 Å². The minimum absolute atomic E-state index is 0.0210. The SMILES string of the molecule is N#Cc1c(-c2ccccc2)nc(NN=Cc2ccc(C3CCC3)cc2)[nH]c1=O. The molecule has 0 unspecified atom stereocenters. The third-order valence-electron chi connectivity index (χ3n) is 4.98. The van der Waals surface area contributed by atoms with Crippen molar-refractivity contribution in [3.63, 3.8) is 0 Å². The van der Waals surface area contributed by atoms with Crippen molar-refractivity contribution in [1.29, 1.82) is 5.26 Å². The van der Waals surface area contributed by atoms with Crippen LogP contribution in [-0.4, -0.2) is 16.2 Å². The number of hydrogen-bond acceptors (Lipinski definition) is 5. The van der Waals surface area contributed by atoms with Gasteiger partial charge in [0, 0.05) is 5.56 Å². The minimum Gasteiger partial charge on any atom is -0.290 e. The van der Waals surface area contributed by atoms with Gasteiger partial charge in [0.15, 0.2) is 0 Å². The molecule has 3 aromatic rings. The number of H-pyrrole nitrogens is 1. The summed E-state index contributed by atoms with van der Waals surface area (Å²) in [5.41, 5.74) is 5.58. The second-order valence-electron chi connectivity index (χ2n) is 6.78. The number of nitriles is 1. The fraction of sp³-hybridized carbons (Fsp3) is 0.182. The van der Waals surface area contributed by atoms with E-state index < -0.39 is 5.56 Å². The van der Waals surface area contributed by atoms with Crippen LogP contribution in [0.15, 0.2) is 64.5 Å². The van der Waals surface area contributed by atoms with Crippen LogP contribution in [0.2, 0.25) is 0 Å². The maximum absolute atomic E-state index is 12.2. The Hall–Kier alpha value is -3.72. The number of hydrazone groups is 1. The van der Waals surface area contributed by atoms with Crippen LogP contribution < -0.4 is 11.0 Å². The highest BCUT2D eigenvalue weighted by atomic mass is 16.1. The van der Waals surface area contributed by atoms with Crippen molar-refractivity contribution >= 4 is 12.2 Å². The number of anilines is 1. The number of nitrogens with one attached hydrogen (secondary N) is 2. The molecule has 1 saturated carbocycles. The van der Waals surface area contributed by atoms with E-state index in [0.29, 0.717) is 17.2 Å². The third-order valence-corrected chi connectivity index (χ3v) is 4.98. The van der Waals surface area contributed by atoms with Crippen molar-refractivity contribution in [2.24, 2.45) is 5.10 Å². The molecule has 28 heavy (non-hydrogen) atoms. The van der Waals surface area contributed by atoms with E-state index >= 15 is 0 Å². The molecule has 0 aliphatic heterocycles. The molecule has 0 bridgehead atoms. The highest BCUT2D eigenvalue weighted by Crippen LogP contribution is 2.36. The summed E-state index contributed by atoms with van der Waals surface area (Å²) in [6, 6.07) is 19.4. The molecule has 6 heteroatoms. The molecule has 2 N–H and O–H groups in total. The minimum atomic E-state index is -0.501. The second kappa shape index (κ2) is 7.89. The average molecular weight is 369 g/mol. The molecule has 1 heterocycles. The lowest BCUT2D eigenvalue weighted by Crippen LogP contribution is -2.16. The van der Waals surface area contributed by atoms with Crippen LogP contribution in [0.1, 0.15) is 41.9 Å². The van der Waals surface area contributed by atoms with Crippen LogP contribution in [0.4, 0.5) is 5.95 Å². The monoisotopic (exact) mass is 369 g/mol. The van der Waals surface area contributed by atoms with E-state index in [1.807, 2.05) is 36.4 Å². The topological polar surface area (TPSA) is 93.9 Å². The van der Waals surface area contributed by atoms with Gasteiger partial charge in [-0.3, -0.25) is 9.78 Å². The van der Waals surface area contributed by atoms with Gasteiger partial charge in [-0.2, -0.15) is 10.4 Å². The fourth-order valence-corrected chi connectivity index (χ4v) is 3.20. The Morgan fingerprint density at radius 1 is 1.14 bits per heavy atom. The maximum atomic E-state index is 12.2. The smallest absolute Gasteiger partial charge is 0.270 e. The van der Waals surface area contributed by atoms with Gasteiger partial charge in [0.1, 0.15) is 11.6 Å². The largest absolute Gasteiger partial charge is 0.290 e. The van der Waals surface area contributed by atoms with E-state index in [-0.39, 0.29) is 11.5 Å². The Kier molecular flexibility index (Phi) is 4.98. The first-order chi connectivity index (χ1) is 13.7. The summed E-state index contributed by atoms with van der Waals surface area (Å²) in [5.74, 6) is 0.888. The molecule has 1 fully saturated rings. The summed E-state index contributed by atoms with van der Waals surface area (Å²) < 4.78 is 0. The molecule has 0 amide bonds. The number of nitrogens with zero attached hydrogens (tertiary/aromatic N) is 3. The van der Waals surface area contributed by atoms with Gasteiger partial charge in [0.05, 0.1) is 11.9 Å². The summed E-state index contributed by atoms with van der Waals surface area (Å²) in [4.78, 5) is 19.1. The van der Waals surface area contributed by atoms with Crippen LogP contribution in [0.5, 0.6) is 0 Å². The van der Waals surface area contributed by atoms with E-state index in [1.54, 1.807) is 18.3 Å². The molecule has 0 spiro atoms. The second-order valence-corrected chi connectivity index (χ2v) is 6.78. The van der Waals surface area contributed by atoms with Crippen LogP contribution in [0.3, 0.4) is 0 Å². The number of aromatic nitrogens is 2. The Morgan fingerprint density at radius 2 is 1.89 bits per heavy atom. The predicted molar refractivity (Wildman–Crippen MR) is 109 cm³/mol. The lowest BCUT2D eigenvalue weighted by atomic mass is 9.80. The van der Waals surface area contributed by atoms with Gasteiger partial charge >= 0.3 is 0 Å². The van der Waals surface area contributed by atoms with Crippen molar-refractivity contribution in [2.75, 3.05) is 5.43 Å². The molecule has 2 aromatic carbocycles. The molecule has 1 aliphatic rings. The Morgan fingerprint density at radius 3 is 2.54 bits per heavy atom. The lowest BCUT2D eigenvalue weighted by molar-refractivity contribution is 0.420. The van der Waals surface area contributed by atoms with Gasteiger partial charge in [0.25, 0.3) is 5.56 Å². The molecule has 6 nitrogen and oxygen atoms in total. The number of aromatic amines is 1. The molecular weight excluding hydrogens is 350 g/mol. The maximum Gasteiger partial charge on any atom is 0.270 e. The van der Waals surface area contributed by atoms with Gasteiger partial charge in [-0.15, -0.1) is 0 Å². The van der Waals surface area contributed by atoms with Crippen molar-refractivity contribution < 1.29 is 0 Å². The van der Waals surface area contributed by atoms with Gasteiger partial charge in [-0.1, -0.05) is 61.0 Å².